The van der Waals surface area contributed by atoms with Crippen molar-refractivity contribution in [3.05, 3.63) is 71.4 Å². The number of aromatic nitrogens is 2. The molecule has 6 heteroatoms. The average Bonchev–Trinajstić information content (AvgIpc) is 3.38. The van der Waals surface area contributed by atoms with Gasteiger partial charge >= 0.3 is 0 Å². The van der Waals surface area contributed by atoms with Crippen molar-refractivity contribution in [3.8, 4) is 17.1 Å². The van der Waals surface area contributed by atoms with Crippen molar-refractivity contribution in [2.24, 2.45) is 0 Å². The molecule has 2 aromatic carbocycles. The lowest BCUT2D eigenvalue weighted by molar-refractivity contribution is 0.0733. The van der Waals surface area contributed by atoms with Crippen LogP contribution in [0.3, 0.4) is 0 Å². The summed E-state index contributed by atoms with van der Waals surface area (Å²) in [6.45, 7) is 3.18. The highest BCUT2D eigenvalue weighted by molar-refractivity contribution is 5.94. The van der Waals surface area contributed by atoms with Crippen molar-refractivity contribution in [1.29, 1.82) is 0 Å². The van der Waals surface area contributed by atoms with Crippen molar-refractivity contribution in [3.63, 3.8) is 0 Å². The molecule has 2 aliphatic heterocycles. The molecule has 1 amide bonds. The predicted octanol–water partition coefficient (Wildman–Crippen LogP) is 3.95. The lowest BCUT2D eigenvalue weighted by Gasteiger charge is -2.32. The Kier molecular flexibility index (Phi) is 5.28. The van der Waals surface area contributed by atoms with E-state index >= 15 is 0 Å². The average molecular weight is 415 g/mol. The van der Waals surface area contributed by atoms with E-state index in [1.807, 2.05) is 41.3 Å². The molecular formula is C25H26N4O2. The van der Waals surface area contributed by atoms with E-state index in [9.17, 15) is 4.79 Å². The van der Waals surface area contributed by atoms with Gasteiger partial charge in [-0.3, -0.25) is 4.79 Å². The van der Waals surface area contributed by atoms with Gasteiger partial charge in [-0.05, 0) is 31.0 Å². The lowest BCUT2D eigenvalue weighted by Crippen LogP contribution is -2.38. The van der Waals surface area contributed by atoms with Crippen LogP contribution in [-0.4, -0.2) is 47.5 Å². The Morgan fingerprint density at radius 3 is 2.55 bits per heavy atom. The molecule has 0 atom stereocenters. The van der Waals surface area contributed by atoms with Crippen molar-refractivity contribution >= 4 is 11.7 Å². The molecule has 158 valence electrons. The number of ether oxygens (including phenoxy) is 1. The van der Waals surface area contributed by atoms with Crippen molar-refractivity contribution in [1.82, 2.24) is 14.9 Å². The molecule has 0 aliphatic carbocycles. The summed E-state index contributed by atoms with van der Waals surface area (Å²) in [5.74, 6) is 2.47. The molecule has 31 heavy (non-hydrogen) atoms. The predicted molar refractivity (Wildman–Crippen MR) is 120 cm³/mol. The van der Waals surface area contributed by atoms with Crippen LogP contribution in [0.2, 0.25) is 0 Å². The minimum absolute atomic E-state index is 0.0176. The van der Waals surface area contributed by atoms with E-state index in [0.29, 0.717) is 24.4 Å². The number of hydrogen-bond donors (Lipinski definition) is 0. The van der Waals surface area contributed by atoms with Gasteiger partial charge in [0.15, 0.2) is 5.82 Å². The number of hydrogen-bond acceptors (Lipinski definition) is 5. The van der Waals surface area contributed by atoms with E-state index in [0.717, 1.165) is 48.0 Å². The molecule has 3 heterocycles. The first-order valence-electron chi connectivity index (χ1n) is 10.9. The van der Waals surface area contributed by atoms with Crippen LogP contribution in [-0.2, 0) is 13.0 Å². The highest BCUT2D eigenvalue weighted by Crippen LogP contribution is 2.32. The summed E-state index contributed by atoms with van der Waals surface area (Å²) in [5, 5.41) is 0. The van der Waals surface area contributed by atoms with Gasteiger partial charge in [0.05, 0.1) is 19.3 Å². The number of amides is 1. The van der Waals surface area contributed by atoms with Gasteiger partial charge in [-0.25, -0.2) is 9.97 Å². The maximum atomic E-state index is 13.2. The first kappa shape index (κ1) is 19.5. The van der Waals surface area contributed by atoms with Gasteiger partial charge < -0.3 is 14.5 Å². The zero-order valence-electron chi connectivity index (χ0n) is 17.8. The molecule has 6 nitrogen and oxygen atoms in total. The normalized spacial score (nSPS) is 15.6. The largest absolute Gasteiger partial charge is 0.497 e. The molecule has 3 aromatic rings. The molecule has 0 spiro atoms. The van der Waals surface area contributed by atoms with Gasteiger partial charge in [0.2, 0.25) is 0 Å². The van der Waals surface area contributed by atoms with Crippen LogP contribution >= 0.6 is 0 Å². The number of anilines is 1. The molecule has 0 bridgehead atoms. The van der Waals surface area contributed by atoms with E-state index in [-0.39, 0.29) is 5.91 Å². The summed E-state index contributed by atoms with van der Waals surface area (Å²) in [6.07, 6.45) is 3.08. The Morgan fingerprint density at radius 1 is 0.968 bits per heavy atom. The first-order valence-corrected chi connectivity index (χ1v) is 10.9. The Balaban J connectivity index is 1.50. The number of carbonyl (C=O) groups is 1. The maximum Gasteiger partial charge on any atom is 0.254 e. The van der Waals surface area contributed by atoms with Crippen molar-refractivity contribution in [2.75, 3.05) is 31.6 Å². The van der Waals surface area contributed by atoms with E-state index in [4.69, 9.17) is 14.7 Å². The minimum Gasteiger partial charge on any atom is -0.497 e. The van der Waals surface area contributed by atoms with Crippen LogP contribution in [0.15, 0.2) is 54.6 Å². The van der Waals surface area contributed by atoms with Gasteiger partial charge in [-0.15, -0.1) is 0 Å². The number of methoxy groups -OCH3 is 1. The number of rotatable bonds is 4. The Labute approximate surface area is 182 Å². The van der Waals surface area contributed by atoms with Crippen LogP contribution < -0.4 is 9.64 Å². The zero-order valence-corrected chi connectivity index (χ0v) is 17.8. The Hall–Kier alpha value is -3.41. The highest BCUT2D eigenvalue weighted by Gasteiger charge is 2.29. The van der Waals surface area contributed by atoms with Gasteiger partial charge in [0.1, 0.15) is 11.6 Å². The lowest BCUT2D eigenvalue weighted by atomic mass is 10.0. The first-order chi connectivity index (χ1) is 15.2. The molecule has 1 saturated heterocycles. The van der Waals surface area contributed by atoms with Crippen molar-refractivity contribution in [2.45, 2.75) is 25.8 Å². The topological polar surface area (TPSA) is 58.6 Å². The molecule has 1 fully saturated rings. The van der Waals surface area contributed by atoms with Gasteiger partial charge in [0.25, 0.3) is 5.91 Å². The quantitative estimate of drug-likeness (QED) is 0.647. The van der Waals surface area contributed by atoms with E-state index in [2.05, 4.69) is 17.0 Å². The van der Waals surface area contributed by atoms with Gasteiger partial charge in [-0.2, -0.15) is 0 Å². The summed E-state index contributed by atoms with van der Waals surface area (Å²) >= 11 is 0. The maximum absolute atomic E-state index is 13.2. The molecule has 2 aliphatic rings. The van der Waals surface area contributed by atoms with Crippen LogP contribution in [0.4, 0.5) is 5.82 Å². The number of benzene rings is 2. The minimum atomic E-state index is 0.0176. The summed E-state index contributed by atoms with van der Waals surface area (Å²) in [6, 6.07) is 17.5. The van der Waals surface area contributed by atoms with Crippen LogP contribution in [0.1, 0.15) is 34.5 Å². The van der Waals surface area contributed by atoms with Crippen LogP contribution in [0.5, 0.6) is 5.75 Å². The molecule has 0 N–H and O–H groups in total. The zero-order chi connectivity index (χ0) is 21.2. The van der Waals surface area contributed by atoms with Gasteiger partial charge in [0, 0.05) is 42.7 Å². The summed E-state index contributed by atoms with van der Waals surface area (Å²) < 4.78 is 5.29. The number of nitrogens with zero attached hydrogens (tertiary/aromatic N) is 4. The smallest absolute Gasteiger partial charge is 0.254 e. The van der Waals surface area contributed by atoms with E-state index in [1.54, 1.807) is 13.2 Å². The SMILES string of the molecule is COc1cccc(C(=O)N2CCc3nc(-c4ccccc4)nc(N4CCCC4)c3C2)c1. The Morgan fingerprint density at radius 2 is 1.77 bits per heavy atom. The third kappa shape index (κ3) is 3.85. The number of carbonyl (C=O) groups excluding carboxylic acids is 1. The third-order valence-electron chi connectivity index (χ3n) is 6.08. The monoisotopic (exact) mass is 414 g/mol. The third-order valence-corrected chi connectivity index (χ3v) is 6.08. The molecule has 0 radical (unpaired) electrons. The Bertz CT molecular complexity index is 1090. The van der Waals surface area contributed by atoms with Crippen LogP contribution in [0.25, 0.3) is 11.4 Å². The van der Waals surface area contributed by atoms with Crippen molar-refractivity contribution < 1.29 is 9.53 Å². The summed E-state index contributed by atoms with van der Waals surface area (Å²) in [5.41, 5.74) is 3.82. The fraction of sp³-hybridized carbons (Fsp3) is 0.320. The second-order valence-electron chi connectivity index (χ2n) is 8.06. The van der Waals surface area contributed by atoms with E-state index < -0.39 is 0 Å². The summed E-state index contributed by atoms with van der Waals surface area (Å²) in [4.78, 5) is 27.4. The van der Waals surface area contributed by atoms with Crippen LogP contribution in [0, 0.1) is 0 Å². The molecule has 5 rings (SSSR count). The molecule has 1 aromatic heterocycles. The molecule has 0 unspecified atom stereocenters. The van der Waals surface area contributed by atoms with Gasteiger partial charge in [-0.1, -0.05) is 36.4 Å². The molecular weight excluding hydrogens is 388 g/mol. The second kappa shape index (κ2) is 8.38. The van der Waals surface area contributed by atoms with E-state index in [1.165, 1.54) is 12.8 Å². The highest BCUT2D eigenvalue weighted by atomic mass is 16.5. The standard InChI is InChI=1S/C25H26N4O2/c1-31-20-11-7-10-19(16-20)25(30)29-15-12-22-21(17-29)24(28-13-5-6-14-28)27-23(26-22)18-8-3-2-4-9-18/h2-4,7-11,16H,5-6,12-15,17H2,1H3. The summed E-state index contributed by atoms with van der Waals surface area (Å²) in [7, 11) is 1.62. The second-order valence-corrected chi connectivity index (χ2v) is 8.06. The fourth-order valence-electron chi connectivity index (χ4n) is 4.42. The fourth-order valence-corrected chi connectivity index (χ4v) is 4.42. The molecule has 0 saturated carbocycles. The number of fused-ring (bicyclic) bond motifs is 1.